The molecule has 212 valence electrons. The second kappa shape index (κ2) is 12.2. The third kappa shape index (κ3) is 6.29. The zero-order chi connectivity index (χ0) is 28.4. The highest BCUT2D eigenvalue weighted by molar-refractivity contribution is 5.69. The summed E-state index contributed by atoms with van der Waals surface area (Å²) < 4.78 is 0. The van der Waals surface area contributed by atoms with E-state index in [-0.39, 0.29) is 0 Å². The van der Waals surface area contributed by atoms with Gasteiger partial charge in [-0.05, 0) is 120 Å². The zero-order valence-electron chi connectivity index (χ0n) is 25.7. The Morgan fingerprint density at radius 2 is 1.27 bits per heavy atom. The molecule has 2 aromatic carbocycles. The van der Waals surface area contributed by atoms with Crippen molar-refractivity contribution in [3.63, 3.8) is 0 Å². The van der Waals surface area contributed by atoms with E-state index in [1.165, 1.54) is 93.1 Å². The smallest absolute Gasteiger partial charge is 0.0461 e. The van der Waals surface area contributed by atoms with E-state index >= 15 is 0 Å². The minimum Gasteiger partial charge on any atom is -0.357 e. The number of rotatable bonds is 10. The van der Waals surface area contributed by atoms with Crippen LogP contribution in [0.3, 0.4) is 0 Å². The normalized spacial score (nSPS) is 15.9. The topological polar surface area (TPSA) is 38.1 Å². The van der Waals surface area contributed by atoms with Crippen LogP contribution in [0.5, 0.6) is 0 Å². The van der Waals surface area contributed by atoms with E-state index in [4.69, 9.17) is 0 Å². The van der Waals surface area contributed by atoms with Crippen LogP contribution in [0.2, 0.25) is 0 Å². The summed E-state index contributed by atoms with van der Waals surface area (Å²) in [6.45, 7) is 21.0. The predicted molar refractivity (Wildman–Crippen MR) is 170 cm³/mol. The molecular formula is C36H48N4. The lowest BCUT2D eigenvalue weighted by atomic mass is 9.98. The van der Waals surface area contributed by atoms with E-state index in [1.807, 2.05) is 0 Å². The summed E-state index contributed by atoms with van der Waals surface area (Å²) in [6, 6.07) is 18.9. The molecule has 1 aliphatic rings. The van der Waals surface area contributed by atoms with Crippen molar-refractivity contribution in [1.82, 2.24) is 19.8 Å². The number of H-pyrrole nitrogens is 2. The molecule has 5 rings (SSSR count). The molecule has 4 aromatic rings. The average molecular weight is 537 g/mol. The molecule has 0 amide bonds. The summed E-state index contributed by atoms with van der Waals surface area (Å²) in [5.74, 6) is 0. The van der Waals surface area contributed by atoms with Crippen molar-refractivity contribution in [2.45, 2.75) is 86.9 Å². The Morgan fingerprint density at radius 1 is 0.750 bits per heavy atom. The molecule has 0 radical (unpaired) electrons. The van der Waals surface area contributed by atoms with Crippen LogP contribution in [-0.4, -0.2) is 45.4 Å². The summed E-state index contributed by atoms with van der Waals surface area (Å²) in [7, 11) is 0. The minimum atomic E-state index is 0.595. The Kier molecular flexibility index (Phi) is 8.68. The van der Waals surface area contributed by atoms with Gasteiger partial charge < -0.3 is 9.97 Å². The molecule has 0 saturated carbocycles. The van der Waals surface area contributed by atoms with Crippen LogP contribution in [0.15, 0.2) is 48.5 Å². The quantitative estimate of drug-likeness (QED) is 0.213. The lowest BCUT2D eigenvalue weighted by molar-refractivity contribution is 0.160. The lowest BCUT2D eigenvalue weighted by Gasteiger charge is -2.30. The number of hydrogen-bond acceptors (Lipinski definition) is 2. The molecular weight excluding hydrogens is 488 g/mol. The number of aromatic nitrogens is 2. The summed E-state index contributed by atoms with van der Waals surface area (Å²) in [4.78, 5) is 12.9. The molecule has 0 bridgehead atoms. The largest absolute Gasteiger partial charge is 0.357 e. The molecule has 1 aliphatic heterocycles. The Labute approximate surface area is 241 Å². The molecule has 1 unspecified atom stereocenters. The zero-order valence-corrected chi connectivity index (χ0v) is 25.7. The van der Waals surface area contributed by atoms with Gasteiger partial charge in [0, 0.05) is 59.6 Å². The second-order valence-electron chi connectivity index (χ2n) is 12.3. The average Bonchev–Trinajstić information content (AvgIpc) is 3.61. The molecule has 0 spiro atoms. The van der Waals surface area contributed by atoms with Gasteiger partial charge in [-0.1, -0.05) is 42.3 Å². The Morgan fingerprint density at radius 3 is 1.82 bits per heavy atom. The maximum atomic E-state index is 3.77. The Hall–Kier alpha value is -3.08. The van der Waals surface area contributed by atoms with Crippen LogP contribution in [0.4, 0.5) is 0 Å². The van der Waals surface area contributed by atoms with Gasteiger partial charge in [-0.15, -0.1) is 0 Å². The van der Waals surface area contributed by atoms with E-state index in [9.17, 15) is 0 Å². The third-order valence-corrected chi connectivity index (χ3v) is 8.66. The van der Waals surface area contributed by atoms with Crippen LogP contribution in [0.25, 0.3) is 22.5 Å². The molecule has 40 heavy (non-hydrogen) atoms. The third-order valence-electron chi connectivity index (χ3n) is 8.66. The van der Waals surface area contributed by atoms with E-state index in [0.29, 0.717) is 6.04 Å². The van der Waals surface area contributed by atoms with E-state index in [1.54, 1.807) is 0 Å². The van der Waals surface area contributed by atoms with Gasteiger partial charge in [-0.3, -0.25) is 9.80 Å². The van der Waals surface area contributed by atoms with Gasteiger partial charge in [-0.2, -0.15) is 0 Å². The molecule has 4 nitrogen and oxygen atoms in total. The van der Waals surface area contributed by atoms with Crippen molar-refractivity contribution in [3.8, 4) is 22.5 Å². The van der Waals surface area contributed by atoms with Gasteiger partial charge in [-0.25, -0.2) is 0 Å². The summed E-state index contributed by atoms with van der Waals surface area (Å²) in [5.41, 5.74) is 15.9. The monoisotopic (exact) mass is 536 g/mol. The number of nitrogens with zero attached hydrogens (tertiary/aromatic N) is 2. The molecule has 0 aliphatic carbocycles. The molecule has 3 heterocycles. The lowest BCUT2D eigenvalue weighted by Crippen LogP contribution is -2.40. The highest BCUT2D eigenvalue weighted by Crippen LogP contribution is 2.30. The fourth-order valence-corrected chi connectivity index (χ4v) is 7.19. The van der Waals surface area contributed by atoms with Crippen molar-refractivity contribution in [2.24, 2.45) is 0 Å². The molecule has 1 fully saturated rings. The molecule has 2 N–H and O–H groups in total. The fraction of sp³-hybridized carbons (Fsp3) is 0.444. The van der Waals surface area contributed by atoms with Gasteiger partial charge in [0.2, 0.25) is 0 Å². The van der Waals surface area contributed by atoms with Crippen molar-refractivity contribution in [2.75, 3.05) is 19.6 Å². The molecule has 1 atom stereocenters. The van der Waals surface area contributed by atoms with E-state index in [2.05, 4.69) is 117 Å². The van der Waals surface area contributed by atoms with Crippen molar-refractivity contribution in [1.29, 1.82) is 0 Å². The summed E-state index contributed by atoms with van der Waals surface area (Å²) >= 11 is 0. The van der Waals surface area contributed by atoms with Gasteiger partial charge in [0.25, 0.3) is 0 Å². The molecule has 4 heteroatoms. The predicted octanol–water partition coefficient (Wildman–Crippen LogP) is 8.40. The van der Waals surface area contributed by atoms with Gasteiger partial charge in [0.05, 0.1) is 0 Å². The molecule has 2 aromatic heterocycles. The van der Waals surface area contributed by atoms with Gasteiger partial charge >= 0.3 is 0 Å². The Bertz CT molecular complexity index is 1410. The number of likely N-dealkylation sites (tertiary alicyclic amines) is 1. The maximum absolute atomic E-state index is 3.77. The van der Waals surface area contributed by atoms with Crippen molar-refractivity contribution in [3.05, 3.63) is 93.3 Å². The standard InChI is InChI=1S/C36H48N4/c1-8-15-39(21-30-11-13-33(37-30)35-26(4)17-24(2)18-27(35)5)23-32-10-9-16-40(32)22-31-12-14-34(38-31)36-28(6)19-25(3)20-29(36)7/h11-14,17-20,32,37-38H,8-10,15-16,21-23H2,1-7H3. The van der Waals surface area contributed by atoms with Crippen LogP contribution in [0, 0.1) is 41.5 Å². The van der Waals surface area contributed by atoms with E-state index < -0.39 is 0 Å². The number of aryl methyl sites for hydroxylation is 6. The minimum absolute atomic E-state index is 0.595. The number of hydrogen-bond donors (Lipinski definition) is 2. The fourth-order valence-electron chi connectivity index (χ4n) is 7.19. The summed E-state index contributed by atoms with van der Waals surface area (Å²) in [6.07, 6.45) is 3.74. The van der Waals surface area contributed by atoms with Gasteiger partial charge in [0.1, 0.15) is 0 Å². The maximum Gasteiger partial charge on any atom is 0.0461 e. The Balaban J connectivity index is 1.26. The first-order valence-electron chi connectivity index (χ1n) is 15.2. The summed E-state index contributed by atoms with van der Waals surface area (Å²) in [5, 5.41) is 0. The first kappa shape index (κ1) is 28.4. The number of aromatic amines is 2. The highest BCUT2D eigenvalue weighted by atomic mass is 15.2. The first-order chi connectivity index (χ1) is 19.2. The number of nitrogens with one attached hydrogen (secondary N) is 2. The van der Waals surface area contributed by atoms with Crippen molar-refractivity contribution < 1.29 is 0 Å². The van der Waals surface area contributed by atoms with E-state index in [0.717, 1.165) is 26.2 Å². The first-order valence-corrected chi connectivity index (χ1v) is 15.2. The van der Waals surface area contributed by atoms with Crippen LogP contribution >= 0.6 is 0 Å². The molecule has 1 saturated heterocycles. The van der Waals surface area contributed by atoms with Crippen LogP contribution < -0.4 is 0 Å². The second-order valence-corrected chi connectivity index (χ2v) is 12.3. The van der Waals surface area contributed by atoms with Gasteiger partial charge in [0.15, 0.2) is 0 Å². The van der Waals surface area contributed by atoms with Crippen LogP contribution in [-0.2, 0) is 13.1 Å². The van der Waals surface area contributed by atoms with Crippen molar-refractivity contribution >= 4 is 0 Å². The number of benzene rings is 2. The van der Waals surface area contributed by atoms with Crippen LogP contribution in [0.1, 0.15) is 71.0 Å². The SMILES string of the molecule is CCCN(Cc1ccc(-c2c(C)cc(C)cc2C)[nH]1)CC1CCCN1Cc1ccc(-c2c(C)cc(C)cc2C)[nH]1. The highest BCUT2D eigenvalue weighted by Gasteiger charge is 2.27.